The van der Waals surface area contributed by atoms with Crippen LogP contribution < -0.4 is 0 Å². The van der Waals surface area contributed by atoms with Crippen LogP contribution in [0.15, 0.2) is 60.8 Å². The summed E-state index contributed by atoms with van der Waals surface area (Å²) in [5.41, 5.74) is 4.72. The number of carbonyl (C=O) groups is 1. The Bertz CT molecular complexity index is 1470. The van der Waals surface area contributed by atoms with Gasteiger partial charge < -0.3 is 14.2 Å². The van der Waals surface area contributed by atoms with Crippen molar-refractivity contribution in [3.05, 3.63) is 82.6 Å². The van der Waals surface area contributed by atoms with Crippen LogP contribution in [-0.4, -0.2) is 40.8 Å². The van der Waals surface area contributed by atoms with Crippen LogP contribution in [0.2, 0.25) is 5.02 Å². The summed E-state index contributed by atoms with van der Waals surface area (Å²) in [7, 11) is 0. The lowest BCUT2D eigenvalue weighted by atomic mass is 10.1. The molecule has 2 aromatic carbocycles. The molecule has 3 heterocycles. The van der Waals surface area contributed by atoms with Gasteiger partial charge in [-0.05, 0) is 60.0 Å². The number of aryl methyl sites for hydroxylation is 1. The van der Waals surface area contributed by atoms with Crippen LogP contribution in [0, 0.1) is 0 Å². The van der Waals surface area contributed by atoms with Gasteiger partial charge in [-0.15, -0.1) is 10.2 Å². The first kappa shape index (κ1) is 21.9. The van der Waals surface area contributed by atoms with Gasteiger partial charge in [-0.3, -0.25) is 0 Å². The number of fused-ring (bicyclic) bond motifs is 1. The van der Waals surface area contributed by atoms with Crippen molar-refractivity contribution in [3.8, 4) is 17.2 Å². The molecule has 0 amide bonds. The SMILES string of the molecule is CCCCc1cc2cccc(C(=O)O)c2n1Cc1ccc(-n2cccc2-c2nn[nH]n2)c(Cl)c1. The Labute approximate surface area is 200 Å². The molecule has 0 aliphatic rings. The second-order valence-corrected chi connectivity index (χ2v) is 8.57. The molecule has 0 spiro atoms. The number of hydrogen-bond acceptors (Lipinski definition) is 4. The van der Waals surface area contributed by atoms with Crippen LogP contribution in [0.5, 0.6) is 0 Å². The second-order valence-electron chi connectivity index (χ2n) is 8.16. The van der Waals surface area contributed by atoms with Gasteiger partial charge in [0.1, 0.15) is 0 Å². The monoisotopic (exact) mass is 474 g/mol. The number of aromatic carboxylic acids is 1. The van der Waals surface area contributed by atoms with E-state index < -0.39 is 5.97 Å². The van der Waals surface area contributed by atoms with E-state index in [2.05, 4.69) is 38.2 Å². The van der Waals surface area contributed by atoms with Crippen molar-refractivity contribution in [2.75, 3.05) is 0 Å². The normalized spacial score (nSPS) is 11.4. The van der Waals surface area contributed by atoms with Gasteiger partial charge in [-0.2, -0.15) is 5.21 Å². The zero-order valence-corrected chi connectivity index (χ0v) is 19.3. The van der Waals surface area contributed by atoms with Crippen molar-refractivity contribution in [2.24, 2.45) is 0 Å². The lowest BCUT2D eigenvalue weighted by Crippen LogP contribution is -2.08. The van der Waals surface area contributed by atoms with Crippen molar-refractivity contribution in [1.29, 1.82) is 0 Å². The number of nitrogens with one attached hydrogen (secondary N) is 1. The molecule has 5 aromatic rings. The number of nitrogens with zero attached hydrogens (tertiary/aromatic N) is 5. The number of aromatic nitrogens is 6. The van der Waals surface area contributed by atoms with Crippen LogP contribution >= 0.6 is 11.6 Å². The fourth-order valence-corrected chi connectivity index (χ4v) is 4.66. The minimum atomic E-state index is -0.929. The molecular formula is C25H23ClN6O2. The summed E-state index contributed by atoms with van der Waals surface area (Å²) in [5, 5.41) is 25.5. The quantitative estimate of drug-likeness (QED) is 0.315. The van der Waals surface area contributed by atoms with Crippen molar-refractivity contribution < 1.29 is 9.90 Å². The van der Waals surface area contributed by atoms with Crippen LogP contribution in [0.3, 0.4) is 0 Å². The lowest BCUT2D eigenvalue weighted by molar-refractivity contribution is 0.0698. The number of carboxylic acids is 1. The first-order valence-electron chi connectivity index (χ1n) is 11.1. The standard InChI is InChI=1S/C25H23ClN6O2/c1-2-3-7-18-14-17-6-4-8-19(25(33)34)23(17)32(18)15-16-10-11-21(20(26)13-16)31-12-5-9-22(31)24-27-29-30-28-24/h4-6,8-14H,2-3,7,15H2,1H3,(H,33,34)(H,27,28,29,30). The van der Waals surface area contributed by atoms with Crippen LogP contribution in [0.25, 0.3) is 28.1 Å². The summed E-state index contributed by atoms with van der Waals surface area (Å²) in [4.78, 5) is 11.9. The van der Waals surface area contributed by atoms with E-state index in [9.17, 15) is 9.90 Å². The number of rotatable bonds is 8. The molecule has 8 nitrogen and oxygen atoms in total. The Balaban J connectivity index is 1.55. The summed E-state index contributed by atoms with van der Waals surface area (Å²) >= 11 is 6.73. The Hall–Kier alpha value is -3.91. The molecule has 0 atom stereocenters. The van der Waals surface area contributed by atoms with Crippen molar-refractivity contribution in [3.63, 3.8) is 0 Å². The topological polar surface area (TPSA) is 102 Å². The number of aromatic amines is 1. The average molecular weight is 475 g/mol. The maximum absolute atomic E-state index is 11.9. The molecule has 0 radical (unpaired) electrons. The lowest BCUT2D eigenvalue weighted by Gasteiger charge is -2.15. The predicted octanol–water partition coefficient (Wildman–Crippen LogP) is 5.35. The van der Waals surface area contributed by atoms with Gasteiger partial charge in [0.2, 0.25) is 5.82 Å². The minimum absolute atomic E-state index is 0.306. The third-order valence-electron chi connectivity index (χ3n) is 5.96. The molecule has 0 fully saturated rings. The van der Waals surface area contributed by atoms with Gasteiger partial charge in [-0.25, -0.2) is 4.79 Å². The van der Waals surface area contributed by atoms with E-state index in [0.717, 1.165) is 52.8 Å². The maximum Gasteiger partial charge on any atom is 0.337 e. The van der Waals surface area contributed by atoms with Crippen molar-refractivity contribution in [2.45, 2.75) is 32.7 Å². The number of halogens is 1. The number of carboxylic acid groups (broad SMARTS) is 1. The zero-order chi connectivity index (χ0) is 23.7. The number of hydrogen-bond donors (Lipinski definition) is 2. The first-order chi connectivity index (χ1) is 16.6. The molecule has 2 N–H and O–H groups in total. The highest BCUT2D eigenvalue weighted by Gasteiger charge is 2.17. The summed E-state index contributed by atoms with van der Waals surface area (Å²) in [5.74, 6) is -0.451. The molecule has 34 heavy (non-hydrogen) atoms. The molecule has 172 valence electrons. The van der Waals surface area contributed by atoms with E-state index in [-0.39, 0.29) is 0 Å². The van der Waals surface area contributed by atoms with Crippen molar-refractivity contribution in [1.82, 2.24) is 29.8 Å². The third-order valence-corrected chi connectivity index (χ3v) is 6.26. The first-order valence-corrected chi connectivity index (χ1v) is 11.5. The van der Waals surface area contributed by atoms with E-state index in [4.69, 9.17) is 11.6 Å². The van der Waals surface area contributed by atoms with Crippen LogP contribution in [-0.2, 0) is 13.0 Å². The number of unbranched alkanes of at least 4 members (excludes halogenated alkanes) is 1. The van der Waals surface area contributed by atoms with Crippen LogP contribution in [0.1, 0.15) is 41.4 Å². The minimum Gasteiger partial charge on any atom is -0.478 e. The Morgan fingerprint density at radius 3 is 2.76 bits per heavy atom. The number of H-pyrrole nitrogens is 1. The summed E-state index contributed by atoms with van der Waals surface area (Å²) in [6.07, 6.45) is 4.87. The molecule has 0 saturated heterocycles. The molecule has 0 saturated carbocycles. The molecule has 3 aromatic heterocycles. The van der Waals surface area contributed by atoms with E-state index in [1.54, 1.807) is 12.1 Å². The van der Waals surface area contributed by atoms with Gasteiger partial charge in [0.15, 0.2) is 0 Å². The highest BCUT2D eigenvalue weighted by Crippen LogP contribution is 2.30. The fraction of sp³-hybridized carbons (Fsp3) is 0.200. The van der Waals surface area contributed by atoms with E-state index in [1.807, 2.05) is 47.2 Å². The molecule has 9 heteroatoms. The fourth-order valence-electron chi connectivity index (χ4n) is 4.37. The highest BCUT2D eigenvalue weighted by atomic mass is 35.5. The Morgan fingerprint density at radius 1 is 1.15 bits per heavy atom. The summed E-state index contributed by atoms with van der Waals surface area (Å²) in [6, 6.07) is 17.2. The molecule has 0 unspecified atom stereocenters. The molecule has 5 rings (SSSR count). The van der Waals surface area contributed by atoms with Gasteiger partial charge in [-0.1, -0.05) is 43.1 Å². The van der Waals surface area contributed by atoms with Gasteiger partial charge in [0, 0.05) is 23.8 Å². The van der Waals surface area contributed by atoms with Crippen LogP contribution in [0.4, 0.5) is 0 Å². The Morgan fingerprint density at radius 2 is 2.03 bits per heavy atom. The largest absolute Gasteiger partial charge is 0.478 e. The van der Waals surface area contributed by atoms with Crippen molar-refractivity contribution >= 4 is 28.5 Å². The number of tetrazole rings is 1. The summed E-state index contributed by atoms with van der Waals surface area (Å²) < 4.78 is 4.03. The zero-order valence-electron chi connectivity index (χ0n) is 18.6. The van der Waals surface area contributed by atoms with Gasteiger partial charge >= 0.3 is 5.97 Å². The van der Waals surface area contributed by atoms with Gasteiger partial charge in [0.05, 0.1) is 27.5 Å². The van der Waals surface area contributed by atoms with E-state index in [1.165, 1.54) is 0 Å². The number of para-hydroxylation sites is 1. The highest BCUT2D eigenvalue weighted by molar-refractivity contribution is 6.32. The van der Waals surface area contributed by atoms with E-state index >= 15 is 0 Å². The number of benzene rings is 2. The average Bonchev–Trinajstić information content (AvgIpc) is 3.58. The smallest absolute Gasteiger partial charge is 0.337 e. The van der Waals surface area contributed by atoms with Gasteiger partial charge in [0.25, 0.3) is 0 Å². The second kappa shape index (κ2) is 9.15. The Kier molecular flexibility index (Phi) is 5.90. The molecular weight excluding hydrogens is 452 g/mol. The third kappa shape index (κ3) is 3.97. The maximum atomic E-state index is 11.9. The summed E-state index contributed by atoms with van der Waals surface area (Å²) in [6.45, 7) is 2.68. The molecule has 0 aliphatic heterocycles. The molecule has 0 bridgehead atoms. The van der Waals surface area contributed by atoms with E-state index in [0.29, 0.717) is 23.0 Å². The molecule has 0 aliphatic carbocycles. The predicted molar refractivity (Wildman–Crippen MR) is 131 cm³/mol.